The summed E-state index contributed by atoms with van der Waals surface area (Å²) in [6.07, 6.45) is 0. The number of tetrazole rings is 1. The molecule has 166 valence electrons. The van der Waals surface area contributed by atoms with Crippen molar-refractivity contribution in [3.05, 3.63) is 71.8 Å². The monoisotopic (exact) mass is 456 g/mol. The lowest BCUT2D eigenvalue weighted by molar-refractivity contribution is -0.113. The number of carbonyl (C=O) groups is 1. The Morgan fingerprint density at radius 2 is 1.82 bits per heavy atom. The fourth-order valence-electron chi connectivity index (χ4n) is 4.26. The van der Waals surface area contributed by atoms with Gasteiger partial charge in [0.2, 0.25) is 11.1 Å². The molecule has 33 heavy (non-hydrogen) atoms. The van der Waals surface area contributed by atoms with E-state index < -0.39 is 0 Å². The van der Waals surface area contributed by atoms with Gasteiger partial charge in [-0.1, -0.05) is 47.7 Å². The zero-order chi connectivity index (χ0) is 22.9. The van der Waals surface area contributed by atoms with Crippen LogP contribution in [0.25, 0.3) is 27.5 Å². The molecule has 0 saturated heterocycles. The minimum atomic E-state index is -0.103. The minimum absolute atomic E-state index is 0.103. The maximum atomic E-state index is 12.7. The third kappa shape index (κ3) is 3.98. The SMILES string of the molecule is CCn1c2ccccc2c2cc(NC(=O)CSc3nnnn3-c3ccc(C)cc3C)ccc21. The van der Waals surface area contributed by atoms with Crippen LogP contribution in [0.4, 0.5) is 5.69 Å². The van der Waals surface area contributed by atoms with Crippen molar-refractivity contribution < 1.29 is 4.79 Å². The van der Waals surface area contributed by atoms with Crippen molar-refractivity contribution in [2.45, 2.75) is 32.5 Å². The molecular formula is C25H24N6OS. The molecule has 3 aromatic carbocycles. The summed E-state index contributed by atoms with van der Waals surface area (Å²) in [5.74, 6) is 0.105. The van der Waals surface area contributed by atoms with Crippen LogP contribution in [0.2, 0.25) is 0 Å². The summed E-state index contributed by atoms with van der Waals surface area (Å²) in [6, 6.07) is 20.5. The number of fused-ring (bicyclic) bond motifs is 3. The second-order valence-electron chi connectivity index (χ2n) is 7.99. The van der Waals surface area contributed by atoms with Gasteiger partial charge in [-0.2, -0.15) is 4.68 Å². The van der Waals surface area contributed by atoms with Crippen molar-refractivity contribution in [3.8, 4) is 5.69 Å². The number of aryl methyl sites for hydroxylation is 3. The Kier molecular flexibility index (Phi) is 5.60. The first-order valence-electron chi connectivity index (χ1n) is 10.8. The van der Waals surface area contributed by atoms with E-state index in [1.807, 2.05) is 44.2 Å². The van der Waals surface area contributed by atoms with E-state index in [1.54, 1.807) is 4.68 Å². The standard InChI is InChI=1S/C25H24N6OS/c1-4-30-22-8-6-5-7-19(22)20-14-18(10-12-23(20)30)26-24(32)15-33-25-27-28-29-31(25)21-11-9-16(2)13-17(21)3/h5-14H,4,15H2,1-3H3,(H,26,32). The molecule has 0 spiro atoms. The maximum absolute atomic E-state index is 12.7. The van der Waals surface area contributed by atoms with Gasteiger partial charge >= 0.3 is 0 Å². The normalized spacial score (nSPS) is 11.4. The largest absolute Gasteiger partial charge is 0.341 e. The van der Waals surface area contributed by atoms with Crippen LogP contribution in [0.15, 0.2) is 65.8 Å². The zero-order valence-corrected chi connectivity index (χ0v) is 19.6. The van der Waals surface area contributed by atoms with E-state index in [0.717, 1.165) is 28.9 Å². The molecule has 0 saturated carbocycles. The number of benzene rings is 3. The zero-order valence-electron chi connectivity index (χ0n) is 18.7. The van der Waals surface area contributed by atoms with Crippen LogP contribution in [0, 0.1) is 13.8 Å². The van der Waals surface area contributed by atoms with Gasteiger partial charge in [-0.15, -0.1) is 5.10 Å². The third-order valence-corrected chi connectivity index (χ3v) is 6.65. The number of hydrogen-bond donors (Lipinski definition) is 1. The molecule has 2 aromatic heterocycles. The number of aromatic nitrogens is 5. The molecule has 2 heterocycles. The highest BCUT2D eigenvalue weighted by Gasteiger charge is 2.14. The number of para-hydroxylation sites is 1. The summed E-state index contributed by atoms with van der Waals surface area (Å²) in [6.45, 7) is 7.11. The van der Waals surface area contributed by atoms with Gasteiger partial charge in [0.25, 0.3) is 0 Å². The van der Waals surface area contributed by atoms with Gasteiger partial charge < -0.3 is 9.88 Å². The molecule has 0 aliphatic heterocycles. The fourth-order valence-corrected chi connectivity index (χ4v) is 4.95. The second kappa shape index (κ2) is 8.71. The lowest BCUT2D eigenvalue weighted by Gasteiger charge is -2.09. The number of carbonyl (C=O) groups excluding carboxylic acids is 1. The number of thioether (sulfide) groups is 1. The van der Waals surface area contributed by atoms with E-state index in [2.05, 4.69) is 62.7 Å². The predicted molar refractivity (Wildman–Crippen MR) is 133 cm³/mol. The molecule has 5 rings (SSSR count). The van der Waals surface area contributed by atoms with Gasteiger partial charge in [-0.05, 0) is 67.1 Å². The number of rotatable bonds is 6. The van der Waals surface area contributed by atoms with Crippen LogP contribution in [0.1, 0.15) is 18.1 Å². The molecule has 0 fully saturated rings. The molecule has 0 radical (unpaired) electrons. The Hall–Kier alpha value is -3.65. The first-order chi connectivity index (χ1) is 16.0. The second-order valence-corrected chi connectivity index (χ2v) is 8.94. The smallest absolute Gasteiger partial charge is 0.234 e. The lowest BCUT2D eigenvalue weighted by Crippen LogP contribution is -2.14. The van der Waals surface area contributed by atoms with Crippen LogP contribution in [-0.4, -0.2) is 36.4 Å². The molecule has 7 nitrogen and oxygen atoms in total. The molecule has 1 N–H and O–H groups in total. The van der Waals surface area contributed by atoms with Crippen LogP contribution < -0.4 is 5.32 Å². The molecule has 0 atom stereocenters. The van der Waals surface area contributed by atoms with Crippen molar-refractivity contribution in [3.63, 3.8) is 0 Å². The van der Waals surface area contributed by atoms with Gasteiger partial charge in [0, 0.05) is 34.0 Å². The van der Waals surface area contributed by atoms with Crippen LogP contribution >= 0.6 is 11.8 Å². The topological polar surface area (TPSA) is 77.6 Å². The minimum Gasteiger partial charge on any atom is -0.341 e. The summed E-state index contributed by atoms with van der Waals surface area (Å²) in [5, 5.41) is 17.9. The predicted octanol–water partition coefficient (Wildman–Crippen LogP) is 5.14. The molecule has 5 aromatic rings. The Morgan fingerprint density at radius 1 is 1.00 bits per heavy atom. The summed E-state index contributed by atoms with van der Waals surface area (Å²) in [7, 11) is 0. The van der Waals surface area contributed by atoms with Gasteiger partial charge in [-0.3, -0.25) is 4.79 Å². The number of nitrogens with one attached hydrogen (secondary N) is 1. The van der Waals surface area contributed by atoms with Crippen LogP contribution in [0.5, 0.6) is 0 Å². The van der Waals surface area contributed by atoms with E-state index in [9.17, 15) is 4.79 Å². The van der Waals surface area contributed by atoms with Crippen molar-refractivity contribution >= 4 is 45.2 Å². The molecule has 0 bridgehead atoms. The van der Waals surface area contributed by atoms with E-state index in [4.69, 9.17) is 0 Å². The highest BCUT2D eigenvalue weighted by atomic mass is 32.2. The Morgan fingerprint density at radius 3 is 2.64 bits per heavy atom. The van der Waals surface area contributed by atoms with Gasteiger partial charge in [0.05, 0.1) is 11.4 Å². The van der Waals surface area contributed by atoms with Crippen LogP contribution in [0.3, 0.4) is 0 Å². The van der Waals surface area contributed by atoms with E-state index in [1.165, 1.54) is 33.7 Å². The fraction of sp³-hybridized carbons (Fsp3) is 0.200. The summed E-state index contributed by atoms with van der Waals surface area (Å²) >= 11 is 1.31. The summed E-state index contributed by atoms with van der Waals surface area (Å²) < 4.78 is 3.97. The average Bonchev–Trinajstić information content (AvgIpc) is 3.40. The Labute approximate surface area is 195 Å². The van der Waals surface area contributed by atoms with Crippen LogP contribution in [-0.2, 0) is 11.3 Å². The summed E-state index contributed by atoms with van der Waals surface area (Å²) in [4.78, 5) is 12.7. The molecular weight excluding hydrogens is 432 g/mol. The highest BCUT2D eigenvalue weighted by molar-refractivity contribution is 7.99. The quantitative estimate of drug-likeness (QED) is 0.358. The Bertz CT molecular complexity index is 1490. The maximum Gasteiger partial charge on any atom is 0.234 e. The van der Waals surface area contributed by atoms with Crippen molar-refractivity contribution in [1.29, 1.82) is 0 Å². The number of amides is 1. The van der Waals surface area contributed by atoms with Gasteiger partial charge in [-0.25, -0.2) is 0 Å². The molecule has 0 unspecified atom stereocenters. The lowest BCUT2D eigenvalue weighted by atomic mass is 10.1. The summed E-state index contributed by atoms with van der Waals surface area (Å²) in [5.41, 5.74) is 6.31. The van der Waals surface area contributed by atoms with Crippen molar-refractivity contribution in [1.82, 2.24) is 24.8 Å². The Balaban J connectivity index is 1.33. The molecule has 0 aliphatic carbocycles. The number of hydrogen-bond acceptors (Lipinski definition) is 5. The molecule has 0 aliphatic rings. The first kappa shape index (κ1) is 21.2. The van der Waals surface area contributed by atoms with Crippen molar-refractivity contribution in [2.75, 3.05) is 11.1 Å². The van der Waals surface area contributed by atoms with Gasteiger partial charge in [0.1, 0.15) is 0 Å². The van der Waals surface area contributed by atoms with E-state index in [-0.39, 0.29) is 11.7 Å². The number of anilines is 1. The molecule has 1 amide bonds. The third-order valence-electron chi connectivity index (χ3n) is 5.73. The molecule has 8 heteroatoms. The average molecular weight is 457 g/mol. The van der Waals surface area contributed by atoms with E-state index in [0.29, 0.717) is 5.16 Å². The first-order valence-corrected chi connectivity index (χ1v) is 11.8. The van der Waals surface area contributed by atoms with Crippen molar-refractivity contribution in [2.24, 2.45) is 0 Å². The van der Waals surface area contributed by atoms with Gasteiger partial charge in [0.15, 0.2) is 0 Å². The van der Waals surface area contributed by atoms with E-state index >= 15 is 0 Å². The number of nitrogens with zero attached hydrogens (tertiary/aromatic N) is 5. The highest BCUT2D eigenvalue weighted by Crippen LogP contribution is 2.31.